The van der Waals surface area contributed by atoms with Crippen LogP contribution in [0.2, 0.25) is 0 Å². The molecule has 19 heavy (non-hydrogen) atoms. The number of carbonyl (C=O) groups is 1. The Hall–Kier alpha value is -1.77. The average Bonchev–Trinajstić information content (AvgIpc) is 3.05. The lowest BCUT2D eigenvalue weighted by Gasteiger charge is -2.42. The molecule has 2 heterocycles. The minimum atomic E-state index is -0.0473. The van der Waals surface area contributed by atoms with E-state index in [-0.39, 0.29) is 5.54 Å². The van der Waals surface area contributed by atoms with E-state index in [1.807, 2.05) is 4.90 Å². The maximum Gasteiger partial charge on any atom is 0.210 e. The van der Waals surface area contributed by atoms with Crippen LogP contribution in [0.15, 0.2) is 24.3 Å². The van der Waals surface area contributed by atoms with Crippen LogP contribution in [0.25, 0.3) is 10.9 Å². The maximum atomic E-state index is 11.5. The van der Waals surface area contributed by atoms with Gasteiger partial charge in [0, 0.05) is 23.1 Å². The van der Waals surface area contributed by atoms with E-state index in [1.54, 1.807) is 0 Å². The first-order valence-electron chi connectivity index (χ1n) is 7.17. The Balaban J connectivity index is 1.98. The van der Waals surface area contributed by atoms with Crippen molar-refractivity contribution in [1.82, 2.24) is 9.88 Å². The van der Waals surface area contributed by atoms with Gasteiger partial charge in [-0.1, -0.05) is 31.0 Å². The molecule has 1 N–H and O–H groups in total. The molecule has 1 aliphatic heterocycles. The van der Waals surface area contributed by atoms with Gasteiger partial charge >= 0.3 is 0 Å². The van der Waals surface area contributed by atoms with Crippen molar-refractivity contribution in [1.29, 1.82) is 0 Å². The van der Waals surface area contributed by atoms with Crippen LogP contribution >= 0.6 is 0 Å². The van der Waals surface area contributed by atoms with E-state index in [0.29, 0.717) is 0 Å². The largest absolute Gasteiger partial charge is 0.356 e. The Morgan fingerprint density at radius 1 is 1.21 bits per heavy atom. The minimum absolute atomic E-state index is 0.0473. The Kier molecular flexibility index (Phi) is 2.25. The van der Waals surface area contributed by atoms with Crippen LogP contribution in [0, 0.1) is 0 Å². The molecule has 0 saturated heterocycles. The number of aromatic amines is 1. The molecule has 1 saturated carbocycles. The SMILES string of the molecule is O=CN1CCc2c([nH]c3ccccc23)C12CCCC2. The summed E-state index contributed by atoms with van der Waals surface area (Å²) < 4.78 is 0. The lowest BCUT2D eigenvalue weighted by molar-refractivity contribution is -0.125. The number of para-hydroxylation sites is 1. The van der Waals surface area contributed by atoms with E-state index >= 15 is 0 Å². The third-order valence-electron chi connectivity index (χ3n) is 4.99. The number of amides is 1. The number of fused-ring (bicyclic) bond motifs is 4. The molecule has 3 heteroatoms. The zero-order chi connectivity index (χ0) is 12.9. The van der Waals surface area contributed by atoms with Crippen LogP contribution in [0.4, 0.5) is 0 Å². The topological polar surface area (TPSA) is 36.1 Å². The highest BCUT2D eigenvalue weighted by molar-refractivity contribution is 5.85. The minimum Gasteiger partial charge on any atom is -0.356 e. The maximum absolute atomic E-state index is 11.5. The Bertz CT molecular complexity index is 637. The van der Waals surface area contributed by atoms with Crippen molar-refractivity contribution in [3.8, 4) is 0 Å². The van der Waals surface area contributed by atoms with Gasteiger partial charge in [-0.3, -0.25) is 4.79 Å². The average molecular weight is 254 g/mol. The summed E-state index contributed by atoms with van der Waals surface area (Å²) in [5.41, 5.74) is 3.92. The molecular formula is C16H18N2O. The zero-order valence-electron chi connectivity index (χ0n) is 11.0. The first-order chi connectivity index (χ1) is 9.35. The number of hydrogen-bond acceptors (Lipinski definition) is 1. The smallest absolute Gasteiger partial charge is 0.210 e. The van der Waals surface area contributed by atoms with E-state index in [0.717, 1.165) is 32.2 Å². The van der Waals surface area contributed by atoms with Gasteiger partial charge in [-0.05, 0) is 30.9 Å². The molecule has 1 spiro atoms. The molecule has 1 fully saturated rings. The molecule has 1 aliphatic carbocycles. The monoisotopic (exact) mass is 254 g/mol. The van der Waals surface area contributed by atoms with Crippen LogP contribution in [0.3, 0.4) is 0 Å². The van der Waals surface area contributed by atoms with Gasteiger partial charge in [-0.25, -0.2) is 0 Å². The van der Waals surface area contributed by atoms with Gasteiger partial charge in [0.2, 0.25) is 6.41 Å². The third kappa shape index (κ3) is 1.36. The highest BCUT2D eigenvalue weighted by Gasteiger charge is 2.45. The summed E-state index contributed by atoms with van der Waals surface area (Å²) in [6.07, 6.45) is 6.68. The first-order valence-corrected chi connectivity index (χ1v) is 7.17. The van der Waals surface area contributed by atoms with E-state index in [1.165, 1.54) is 35.0 Å². The normalized spacial score (nSPS) is 20.9. The van der Waals surface area contributed by atoms with Gasteiger partial charge < -0.3 is 9.88 Å². The molecule has 0 unspecified atom stereocenters. The summed E-state index contributed by atoms with van der Waals surface area (Å²) in [4.78, 5) is 17.1. The van der Waals surface area contributed by atoms with Gasteiger partial charge in [0.1, 0.15) is 0 Å². The molecule has 1 aromatic carbocycles. The van der Waals surface area contributed by atoms with Gasteiger partial charge in [0.15, 0.2) is 0 Å². The van der Waals surface area contributed by atoms with E-state index < -0.39 is 0 Å². The van der Waals surface area contributed by atoms with Crippen molar-refractivity contribution >= 4 is 17.3 Å². The Morgan fingerprint density at radius 2 is 2.00 bits per heavy atom. The van der Waals surface area contributed by atoms with Crippen molar-refractivity contribution in [3.63, 3.8) is 0 Å². The number of nitrogens with zero attached hydrogens (tertiary/aromatic N) is 1. The first kappa shape index (κ1) is 11.1. The second-order valence-corrected chi connectivity index (χ2v) is 5.81. The molecule has 2 aliphatic rings. The fourth-order valence-electron chi connectivity index (χ4n) is 4.10. The number of H-pyrrole nitrogens is 1. The fourth-order valence-corrected chi connectivity index (χ4v) is 4.10. The summed E-state index contributed by atoms with van der Waals surface area (Å²) in [7, 11) is 0. The van der Waals surface area contributed by atoms with Crippen LogP contribution in [-0.4, -0.2) is 22.8 Å². The lowest BCUT2D eigenvalue weighted by atomic mass is 9.84. The second-order valence-electron chi connectivity index (χ2n) is 5.81. The number of nitrogens with one attached hydrogen (secondary N) is 1. The molecule has 98 valence electrons. The number of benzene rings is 1. The molecule has 4 rings (SSSR count). The van der Waals surface area contributed by atoms with E-state index in [2.05, 4.69) is 29.2 Å². The molecule has 1 aromatic heterocycles. The van der Waals surface area contributed by atoms with E-state index in [9.17, 15) is 4.79 Å². The lowest BCUT2D eigenvalue weighted by Crippen LogP contribution is -2.48. The number of carbonyl (C=O) groups excluding carboxylic acids is 1. The third-order valence-corrected chi connectivity index (χ3v) is 4.99. The van der Waals surface area contributed by atoms with Crippen molar-refractivity contribution in [2.24, 2.45) is 0 Å². The van der Waals surface area contributed by atoms with Crippen molar-refractivity contribution < 1.29 is 4.79 Å². The second kappa shape index (κ2) is 3.86. The fraction of sp³-hybridized carbons (Fsp3) is 0.438. The quantitative estimate of drug-likeness (QED) is 0.780. The van der Waals surface area contributed by atoms with Crippen molar-refractivity contribution in [2.45, 2.75) is 37.6 Å². The van der Waals surface area contributed by atoms with Gasteiger partial charge in [0.25, 0.3) is 0 Å². The Morgan fingerprint density at radius 3 is 2.79 bits per heavy atom. The number of rotatable bonds is 1. The predicted molar refractivity (Wildman–Crippen MR) is 74.9 cm³/mol. The summed E-state index contributed by atoms with van der Waals surface area (Å²) in [5, 5.41) is 1.34. The Labute approximate surface area is 112 Å². The zero-order valence-corrected chi connectivity index (χ0v) is 11.0. The van der Waals surface area contributed by atoms with Crippen LogP contribution in [-0.2, 0) is 16.8 Å². The molecule has 0 atom stereocenters. The molecule has 0 radical (unpaired) electrons. The highest BCUT2D eigenvalue weighted by Crippen LogP contribution is 2.48. The van der Waals surface area contributed by atoms with Crippen LogP contribution in [0.1, 0.15) is 36.9 Å². The van der Waals surface area contributed by atoms with Crippen molar-refractivity contribution in [2.75, 3.05) is 6.54 Å². The summed E-state index contributed by atoms with van der Waals surface area (Å²) >= 11 is 0. The van der Waals surface area contributed by atoms with E-state index in [4.69, 9.17) is 0 Å². The van der Waals surface area contributed by atoms with Crippen LogP contribution < -0.4 is 0 Å². The molecule has 3 nitrogen and oxygen atoms in total. The molecule has 2 aromatic rings. The number of aromatic nitrogens is 1. The van der Waals surface area contributed by atoms with Crippen LogP contribution in [0.5, 0.6) is 0 Å². The highest BCUT2D eigenvalue weighted by atomic mass is 16.1. The van der Waals surface area contributed by atoms with Gasteiger partial charge in [0.05, 0.1) is 5.54 Å². The summed E-state index contributed by atoms with van der Waals surface area (Å²) in [6.45, 7) is 0.859. The standard InChI is InChI=1S/C16H18N2O/c19-11-18-10-7-13-12-5-1-2-6-14(12)17-15(13)16(18)8-3-4-9-16/h1-2,5-6,11,17H,3-4,7-10H2. The summed E-state index contributed by atoms with van der Waals surface area (Å²) in [5.74, 6) is 0. The molecule has 0 bridgehead atoms. The number of hydrogen-bond donors (Lipinski definition) is 1. The molecule has 1 amide bonds. The van der Waals surface area contributed by atoms with Gasteiger partial charge in [-0.2, -0.15) is 0 Å². The molecular weight excluding hydrogens is 236 g/mol. The van der Waals surface area contributed by atoms with Crippen molar-refractivity contribution in [3.05, 3.63) is 35.5 Å². The summed E-state index contributed by atoms with van der Waals surface area (Å²) in [6, 6.07) is 8.51. The predicted octanol–water partition coefficient (Wildman–Crippen LogP) is 2.95. The van der Waals surface area contributed by atoms with Gasteiger partial charge in [-0.15, -0.1) is 0 Å².